The first-order chi connectivity index (χ1) is 6.59. The van der Waals surface area contributed by atoms with Gasteiger partial charge in [-0.15, -0.1) is 11.8 Å². The molecule has 1 rings (SSSR count). The van der Waals surface area contributed by atoms with Crippen molar-refractivity contribution >= 4 is 17.7 Å². The van der Waals surface area contributed by atoms with Crippen LogP contribution in [0.2, 0.25) is 0 Å². The summed E-state index contributed by atoms with van der Waals surface area (Å²) in [6, 6.07) is 4.54. The minimum atomic E-state index is -0.824. The van der Waals surface area contributed by atoms with Gasteiger partial charge in [0, 0.05) is 5.75 Å². The van der Waals surface area contributed by atoms with Crippen LogP contribution in [0.3, 0.4) is 0 Å². The molecule has 0 saturated carbocycles. The largest absolute Gasteiger partial charge is 0.481 e. The molecule has 0 aliphatic carbocycles. The Morgan fingerprint density at radius 1 is 1.57 bits per heavy atom. The first-order valence-electron chi connectivity index (χ1n) is 4.14. The quantitative estimate of drug-likeness (QED) is 0.836. The summed E-state index contributed by atoms with van der Waals surface area (Å²) in [5.74, 6) is -0.390. The van der Waals surface area contributed by atoms with E-state index in [2.05, 4.69) is 0 Å². The number of rotatable bonds is 4. The van der Waals surface area contributed by atoms with E-state index >= 15 is 0 Å². The van der Waals surface area contributed by atoms with Crippen molar-refractivity contribution in [3.8, 4) is 0 Å². The van der Waals surface area contributed by atoms with Gasteiger partial charge in [-0.05, 0) is 30.2 Å². The average Bonchev–Trinajstić information content (AvgIpc) is 2.08. The first-order valence-corrected chi connectivity index (χ1v) is 5.29. The van der Waals surface area contributed by atoms with Gasteiger partial charge in [-0.1, -0.05) is 6.07 Å². The van der Waals surface area contributed by atoms with Crippen molar-refractivity contribution in [1.29, 1.82) is 0 Å². The number of hydrogen-bond acceptors (Lipinski definition) is 2. The number of aryl methyl sites for hydroxylation is 1. The Morgan fingerprint density at radius 3 is 2.86 bits per heavy atom. The molecule has 76 valence electrons. The zero-order chi connectivity index (χ0) is 10.6. The van der Waals surface area contributed by atoms with Gasteiger partial charge in [-0.2, -0.15) is 0 Å². The Labute approximate surface area is 86.1 Å². The van der Waals surface area contributed by atoms with Gasteiger partial charge < -0.3 is 5.11 Å². The molecule has 0 spiro atoms. The fourth-order valence-corrected chi connectivity index (χ4v) is 1.89. The van der Waals surface area contributed by atoms with E-state index in [9.17, 15) is 9.18 Å². The number of halogens is 1. The predicted molar refractivity (Wildman–Crippen MR) is 54.9 cm³/mol. The number of hydrogen-bond donors (Lipinski definition) is 1. The van der Waals surface area contributed by atoms with Crippen LogP contribution in [0.25, 0.3) is 0 Å². The Morgan fingerprint density at radius 2 is 2.29 bits per heavy atom. The van der Waals surface area contributed by atoms with E-state index in [1.165, 1.54) is 23.9 Å². The summed E-state index contributed by atoms with van der Waals surface area (Å²) >= 11 is 1.31. The molecule has 0 atom stereocenters. The summed E-state index contributed by atoms with van der Waals surface area (Å²) in [6.07, 6.45) is 0. The molecule has 0 fully saturated rings. The monoisotopic (exact) mass is 214 g/mol. The molecule has 4 heteroatoms. The number of carboxylic acid groups (broad SMARTS) is 1. The summed E-state index contributed by atoms with van der Waals surface area (Å²) in [5.41, 5.74) is 1.85. The summed E-state index contributed by atoms with van der Waals surface area (Å²) in [6.45, 7) is 1.82. The molecule has 0 bridgehead atoms. The third-order valence-corrected chi connectivity index (χ3v) is 2.75. The normalized spacial score (nSPS) is 10.1. The number of thioether (sulfide) groups is 1. The summed E-state index contributed by atoms with van der Waals surface area (Å²) in [7, 11) is 0. The van der Waals surface area contributed by atoms with E-state index in [1.54, 1.807) is 6.07 Å². The molecule has 1 aromatic carbocycles. The number of carbonyl (C=O) groups is 1. The van der Waals surface area contributed by atoms with Crippen LogP contribution in [0, 0.1) is 12.7 Å². The Bertz CT molecular complexity index is 339. The second kappa shape index (κ2) is 5.00. The zero-order valence-corrected chi connectivity index (χ0v) is 8.60. The van der Waals surface area contributed by atoms with Gasteiger partial charge in [0.15, 0.2) is 0 Å². The van der Waals surface area contributed by atoms with Crippen molar-refractivity contribution in [3.63, 3.8) is 0 Å². The summed E-state index contributed by atoms with van der Waals surface area (Å²) in [4.78, 5) is 10.2. The lowest BCUT2D eigenvalue weighted by Crippen LogP contribution is -1.98. The van der Waals surface area contributed by atoms with E-state index in [0.29, 0.717) is 5.75 Å². The molecule has 0 aromatic heterocycles. The molecule has 0 radical (unpaired) electrons. The number of benzene rings is 1. The van der Waals surface area contributed by atoms with Gasteiger partial charge >= 0.3 is 5.97 Å². The lowest BCUT2D eigenvalue weighted by molar-refractivity contribution is -0.133. The van der Waals surface area contributed by atoms with Crippen molar-refractivity contribution in [3.05, 3.63) is 35.1 Å². The minimum Gasteiger partial charge on any atom is -0.481 e. The number of aliphatic carboxylic acids is 1. The highest BCUT2D eigenvalue weighted by atomic mass is 32.2. The maximum Gasteiger partial charge on any atom is 0.313 e. The minimum absolute atomic E-state index is 0.0802. The number of carboxylic acids is 1. The van der Waals surface area contributed by atoms with Crippen LogP contribution >= 0.6 is 11.8 Å². The van der Waals surface area contributed by atoms with E-state index in [4.69, 9.17) is 5.11 Å². The molecule has 0 aliphatic rings. The Hall–Kier alpha value is -1.03. The van der Waals surface area contributed by atoms with Crippen molar-refractivity contribution in [2.75, 3.05) is 5.75 Å². The smallest absolute Gasteiger partial charge is 0.313 e. The molecule has 0 aliphatic heterocycles. The third kappa shape index (κ3) is 3.38. The van der Waals surface area contributed by atoms with Crippen molar-refractivity contribution in [2.45, 2.75) is 12.7 Å². The van der Waals surface area contributed by atoms with E-state index in [1.807, 2.05) is 6.92 Å². The average molecular weight is 214 g/mol. The molecule has 0 saturated heterocycles. The molecule has 14 heavy (non-hydrogen) atoms. The van der Waals surface area contributed by atoms with Crippen LogP contribution in [0.5, 0.6) is 0 Å². The molecule has 1 aromatic rings. The lowest BCUT2D eigenvalue weighted by atomic mass is 10.1. The fraction of sp³-hybridized carbons (Fsp3) is 0.300. The van der Waals surface area contributed by atoms with Crippen LogP contribution in [-0.4, -0.2) is 16.8 Å². The zero-order valence-electron chi connectivity index (χ0n) is 7.79. The maximum atomic E-state index is 12.7. The van der Waals surface area contributed by atoms with Crippen LogP contribution in [-0.2, 0) is 10.5 Å². The molecule has 1 N–H and O–H groups in total. The molecule has 2 nitrogen and oxygen atoms in total. The highest BCUT2D eigenvalue weighted by Crippen LogP contribution is 2.16. The summed E-state index contributed by atoms with van der Waals surface area (Å²) in [5, 5.41) is 8.42. The highest BCUT2D eigenvalue weighted by molar-refractivity contribution is 7.99. The first kappa shape index (κ1) is 11.0. The Balaban J connectivity index is 2.55. The molecule has 0 amide bonds. The van der Waals surface area contributed by atoms with E-state index < -0.39 is 5.97 Å². The molecule has 0 heterocycles. The molecular formula is C10H11FO2S. The fourth-order valence-electron chi connectivity index (χ4n) is 1.07. The van der Waals surface area contributed by atoms with Crippen LogP contribution in [0.15, 0.2) is 18.2 Å². The van der Waals surface area contributed by atoms with Crippen LogP contribution < -0.4 is 0 Å². The standard InChI is InChI=1S/C10H11FO2S/c1-7-4-9(11)3-2-8(7)5-14-6-10(12)13/h2-4H,5-6H2,1H3,(H,12,13). The van der Waals surface area contributed by atoms with Crippen LogP contribution in [0.1, 0.15) is 11.1 Å². The SMILES string of the molecule is Cc1cc(F)ccc1CSCC(=O)O. The second-order valence-corrected chi connectivity index (χ2v) is 3.94. The lowest BCUT2D eigenvalue weighted by Gasteiger charge is -2.04. The molecule has 0 unspecified atom stereocenters. The predicted octanol–water partition coefficient (Wildman–Crippen LogP) is 2.45. The maximum absolute atomic E-state index is 12.7. The van der Waals surface area contributed by atoms with E-state index in [0.717, 1.165) is 11.1 Å². The van der Waals surface area contributed by atoms with Gasteiger partial charge in [0.05, 0.1) is 5.75 Å². The van der Waals surface area contributed by atoms with Crippen molar-refractivity contribution < 1.29 is 14.3 Å². The second-order valence-electron chi connectivity index (χ2n) is 2.96. The topological polar surface area (TPSA) is 37.3 Å². The summed E-state index contributed by atoms with van der Waals surface area (Å²) < 4.78 is 12.7. The van der Waals surface area contributed by atoms with Gasteiger partial charge in [0.2, 0.25) is 0 Å². The molecular weight excluding hydrogens is 203 g/mol. The van der Waals surface area contributed by atoms with E-state index in [-0.39, 0.29) is 11.6 Å². The third-order valence-electron chi connectivity index (χ3n) is 1.79. The van der Waals surface area contributed by atoms with Gasteiger partial charge in [0.1, 0.15) is 5.82 Å². The van der Waals surface area contributed by atoms with Crippen molar-refractivity contribution in [2.24, 2.45) is 0 Å². The van der Waals surface area contributed by atoms with Crippen LogP contribution in [0.4, 0.5) is 4.39 Å². The van der Waals surface area contributed by atoms with Gasteiger partial charge in [-0.3, -0.25) is 4.79 Å². The van der Waals surface area contributed by atoms with Gasteiger partial charge in [0.25, 0.3) is 0 Å². The van der Waals surface area contributed by atoms with Crippen molar-refractivity contribution in [1.82, 2.24) is 0 Å². The Kier molecular flexibility index (Phi) is 3.95. The van der Waals surface area contributed by atoms with Gasteiger partial charge in [-0.25, -0.2) is 4.39 Å². The highest BCUT2D eigenvalue weighted by Gasteiger charge is 2.02.